The van der Waals surface area contributed by atoms with Gasteiger partial charge in [-0.1, -0.05) is 12.1 Å². The lowest BCUT2D eigenvalue weighted by molar-refractivity contribution is 0.105. The van der Waals surface area contributed by atoms with Crippen LogP contribution in [0.15, 0.2) is 65.0 Å². The van der Waals surface area contributed by atoms with E-state index in [0.29, 0.717) is 22.0 Å². The molecule has 0 fully saturated rings. The van der Waals surface area contributed by atoms with Crippen molar-refractivity contribution in [2.45, 2.75) is 18.7 Å². The van der Waals surface area contributed by atoms with Gasteiger partial charge in [0.05, 0.1) is 9.77 Å². The molecule has 0 radical (unpaired) electrons. The molecule has 144 valence electrons. The van der Waals surface area contributed by atoms with Gasteiger partial charge in [0.2, 0.25) is 10.0 Å². The third kappa shape index (κ3) is 5.02. The van der Waals surface area contributed by atoms with E-state index >= 15 is 0 Å². The summed E-state index contributed by atoms with van der Waals surface area (Å²) in [6, 6.07) is 11.3. The number of thiophene rings is 1. The summed E-state index contributed by atoms with van der Waals surface area (Å²) in [5.74, 6) is -0.191. The Hall–Kier alpha value is -3.04. The maximum atomic E-state index is 12.4. The largest absolute Gasteiger partial charge is 0.363 e. The molecular formula is C19H17N4O3S2-. The Morgan fingerprint density at radius 3 is 2.39 bits per heavy atom. The van der Waals surface area contributed by atoms with Crippen molar-refractivity contribution in [3.63, 3.8) is 0 Å². The minimum absolute atomic E-state index is 0.0273. The zero-order valence-corrected chi connectivity index (χ0v) is 16.8. The van der Waals surface area contributed by atoms with Crippen LogP contribution in [-0.2, 0) is 10.0 Å². The maximum Gasteiger partial charge on any atom is 0.229 e. The molecule has 3 aromatic rings. The fraction of sp³-hybridized carbons (Fsp3) is 0.105. The average Bonchev–Trinajstić information content (AvgIpc) is 3.15. The molecule has 28 heavy (non-hydrogen) atoms. The number of carbonyl (C=O) groups excluding carboxylic acids is 1. The van der Waals surface area contributed by atoms with E-state index in [0.717, 1.165) is 0 Å². The number of sulfonamides is 1. The van der Waals surface area contributed by atoms with Gasteiger partial charge in [-0.25, -0.2) is 8.42 Å². The van der Waals surface area contributed by atoms with E-state index in [9.17, 15) is 13.2 Å². The van der Waals surface area contributed by atoms with Crippen LogP contribution in [0.3, 0.4) is 0 Å². The van der Waals surface area contributed by atoms with Gasteiger partial charge in [-0.2, -0.15) is 0 Å². The van der Waals surface area contributed by atoms with Crippen molar-refractivity contribution in [2.75, 3.05) is 5.32 Å². The molecule has 0 saturated heterocycles. The Labute approximate surface area is 167 Å². The minimum Gasteiger partial charge on any atom is -0.363 e. The van der Waals surface area contributed by atoms with Gasteiger partial charge < -0.3 is 15.3 Å². The van der Waals surface area contributed by atoms with Crippen molar-refractivity contribution >= 4 is 38.8 Å². The second-order valence-corrected chi connectivity index (χ2v) is 8.41. The SMILES string of the molecule is Cc1cc(C)nc([N-]S(=O)(=O)c2ccc(N/C=C/C(=O)c3cccs3)cc2)n1. The molecule has 0 saturated carbocycles. The van der Waals surface area contributed by atoms with E-state index in [1.807, 2.05) is 11.4 Å². The molecule has 3 rings (SSSR count). The highest BCUT2D eigenvalue weighted by Gasteiger charge is 2.12. The van der Waals surface area contributed by atoms with E-state index in [4.69, 9.17) is 0 Å². The summed E-state index contributed by atoms with van der Waals surface area (Å²) in [7, 11) is -3.93. The molecule has 1 aromatic carbocycles. The molecule has 0 spiro atoms. The first kappa shape index (κ1) is 19.7. The first-order valence-corrected chi connectivity index (χ1v) is 10.6. The number of nitrogens with one attached hydrogen (secondary N) is 1. The zero-order chi connectivity index (χ0) is 20.1. The number of carbonyl (C=O) groups is 1. The molecule has 0 unspecified atom stereocenters. The lowest BCUT2D eigenvalue weighted by Crippen LogP contribution is -2.01. The summed E-state index contributed by atoms with van der Waals surface area (Å²) in [4.78, 5) is 20.6. The summed E-state index contributed by atoms with van der Waals surface area (Å²) in [5.41, 5.74) is 1.92. The third-order valence-electron chi connectivity index (χ3n) is 3.57. The standard InChI is InChI=1S/C19H18N4O3S2/c1-13-12-14(2)22-19(21-13)23-28(25,26)16-7-5-15(6-8-16)20-10-9-17(24)18-4-3-11-27-18/h3-12H,1-2H3,(H2,20,21,22,23,24)/p-1. The van der Waals surface area contributed by atoms with Gasteiger partial charge in [-0.15, -0.1) is 11.3 Å². The number of rotatable bonds is 7. The second-order valence-electron chi connectivity index (χ2n) is 5.86. The lowest BCUT2D eigenvalue weighted by Gasteiger charge is -2.15. The monoisotopic (exact) mass is 413 g/mol. The van der Waals surface area contributed by atoms with Gasteiger partial charge in [-0.05, 0) is 60.9 Å². The number of benzene rings is 1. The third-order valence-corrected chi connectivity index (χ3v) is 5.73. The normalized spacial score (nSPS) is 11.5. The zero-order valence-electron chi connectivity index (χ0n) is 15.2. The van der Waals surface area contributed by atoms with Crippen molar-refractivity contribution in [1.29, 1.82) is 0 Å². The lowest BCUT2D eigenvalue weighted by atomic mass is 10.3. The van der Waals surface area contributed by atoms with Crippen LogP contribution in [-0.4, -0.2) is 24.2 Å². The summed E-state index contributed by atoms with van der Waals surface area (Å²) < 4.78 is 28.6. The van der Waals surface area contributed by atoms with Crippen LogP contribution in [0.4, 0.5) is 11.6 Å². The number of anilines is 1. The fourth-order valence-corrected chi connectivity index (χ4v) is 3.87. The molecule has 0 bridgehead atoms. The van der Waals surface area contributed by atoms with Gasteiger partial charge in [0.15, 0.2) is 5.78 Å². The molecule has 0 aliphatic heterocycles. The number of hydrogen-bond acceptors (Lipinski definition) is 7. The molecule has 9 heteroatoms. The number of nitrogens with zero attached hydrogens (tertiary/aromatic N) is 3. The number of aromatic nitrogens is 2. The number of aryl methyl sites for hydroxylation is 2. The van der Waals surface area contributed by atoms with Crippen LogP contribution in [0.5, 0.6) is 0 Å². The Morgan fingerprint density at radius 1 is 1.11 bits per heavy atom. The molecule has 0 atom stereocenters. The van der Waals surface area contributed by atoms with Gasteiger partial charge in [0.25, 0.3) is 0 Å². The highest BCUT2D eigenvalue weighted by molar-refractivity contribution is 7.94. The average molecular weight is 414 g/mol. The van der Waals surface area contributed by atoms with E-state index in [1.165, 1.54) is 35.7 Å². The first-order valence-electron chi connectivity index (χ1n) is 8.25. The van der Waals surface area contributed by atoms with Crippen LogP contribution in [0.2, 0.25) is 0 Å². The molecule has 0 aliphatic rings. The van der Waals surface area contributed by atoms with Crippen molar-refractivity contribution in [1.82, 2.24) is 9.97 Å². The number of allylic oxidation sites excluding steroid dienone is 1. The summed E-state index contributed by atoms with van der Waals surface area (Å²) in [6.45, 7) is 3.50. The first-order chi connectivity index (χ1) is 13.3. The van der Waals surface area contributed by atoms with Crippen LogP contribution >= 0.6 is 11.3 Å². The number of ketones is 1. The van der Waals surface area contributed by atoms with E-state index < -0.39 is 10.0 Å². The predicted molar refractivity (Wildman–Crippen MR) is 110 cm³/mol. The summed E-state index contributed by atoms with van der Waals surface area (Å²) in [5, 5.41) is 4.77. The van der Waals surface area contributed by atoms with Gasteiger partial charge in [0, 0.05) is 23.9 Å². The Kier molecular flexibility index (Phi) is 5.86. The molecular weight excluding hydrogens is 396 g/mol. The molecule has 0 amide bonds. The van der Waals surface area contributed by atoms with E-state index in [2.05, 4.69) is 20.0 Å². The predicted octanol–water partition coefficient (Wildman–Crippen LogP) is 4.36. The highest BCUT2D eigenvalue weighted by atomic mass is 32.2. The van der Waals surface area contributed by atoms with Crippen LogP contribution < -0.4 is 5.32 Å². The Balaban J connectivity index is 1.66. The van der Waals surface area contributed by atoms with Crippen molar-refractivity contribution in [3.8, 4) is 0 Å². The maximum absolute atomic E-state index is 12.4. The second kappa shape index (κ2) is 8.32. The smallest absolute Gasteiger partial charge is 0.229 e. The molecule has 2 heterocycles. The van der Waals surface area contributed by atoms with Gasteiger partial charge in [0.1, 0.15) is 0 Å². The van der Waals surface area contributed by atoms with Crippen LogP contribution in [0.1, 0.15) is 21.1 Å². The van der Waals surface area contributed by atoms with Crippen molar-refractivity contribution < 1.29 is 13.2 Å². The van der Waals surface area contributed by atoms with Crippen molar-refractivity contribution in [3.05, 3.63) is 81.1 Å². The Bertz CT molecular complexity index is 1090. The molecule has 1 N–H and O–H groups in total. The summed E-state index contributed by atoms with van der Waals surface area (Å²) in [6.07, 6.45) is 2.93. The minimum atomic E-state index is -3.93. The van der Waals surface area contributed by atoms with Crippen LogP contribution in [0, 0.1) is 13.8 Å². The molecule has 7 nitrogen and oxygen atoms in total. The molecule has 2 aromatic heterocycles. The Morgan fingerprint density at radius 2 is 1.79 bits per heavy atom. The molecule has 0 aliphatic carbocycles. The van der Waals surface area contributed by atoms with E-state index in [1.54, 1.807) is 38.1 Å². The quantitative estimate of drug-likeness (QED) is 0.456. The summed E-state index contributed by atoms with van der Waals surface area (Å²) >= 11 is 1.37. The number of hydrogen-bond donors (Lipinski definition) is 1. The van der Waals surface area contributed by atoms with Gasteiger partial charge >= 0.3 is 0 Å². The van der Waals surface area contributed by atoms with Gasteiger partial charge in [-0.3, -0.25) is 9.52 Å². The fourth-order valence-electron chi connectivity index (χ4n) is 2.35. The topological polar surface area (TPSA) is 103 Å². The van der Waals surface area contributed by atoms with Crippen LogP contribution in [0.25, 0.3) is 4.72 Å². The van der Waals surface area contributed by atoms with E-state index in [-0.39, 0.29) is 16.6 Å². The van der Waals surface area contributed by atoms with Crippen molar-refractivity contribution in [2.24, 2.45) is 0 Å². The highest BCUT2D eigenvalue weighted by Crippen LogP contribution is 2.25.